The van der Waals surface area contributed by atoms with E-state index in [-0.39, 0.29) is 24.5 Å². The predicted octanol–water partition coefficient (Wildman–Crippen LogP) is 2.48. The zero-order chi connectivity index (χ0) is 17.0. The minimum absolute atomic E-state index is 0.00820. The molecule has 1 N–H and O–H groups in total. The van der Waals surface area contributed by atoms with Gasteiger partial charge in [0, 0.05) is 24.6 Å². The molecule has 0 radical (unpaired) electrons. The van der Waals surface area contributed by atoms with Gasteiger partial charge in [0.1, 0.15) is 11.5 Å². The van der Waals surface area contributed by atoms with Crippen molar-refractivity contribution in [2.24, 2.45) is 11.3 Å². The number of hydrogen-bond acceptors (Lipinski definition) is 4. The lowest BCUT2D eigenvalue weighted by Crippen LogP contribution is -2.49. The second-order valence-electron chi connectivity index (χ2n) is 7.19. The van der Waals surface area contributed by atoms with Crippen LogP contribution in [0.2, 0.25) is 0 Å². The predicted molar refractivity (Wildman–Crippen MR) is 91.2 cm³/mol. The van der Waals surface area contributed by atoms with Crippen LogP contribution in [-0.4, -0.2) is 49.3 Å². The summed E-state index contributed by atoms with van der Waals surface area (Å²) in [7, 11) is 1.60. The van der Waals surface area contributed by atoms with Crippen LogP contribution < -0.4 is 9.47 Å². The van der Waals surface area contributed by atoms with Gasteiger partial charge >= 0.3 is 0 Å². The Hall–Kier alpha value is -1.75. The molecule has 24 heavy (non-hydrogen) atoms. The fourth-order valence-corrected chi connectivity index (χ4v) is 3.64. The molecule has 2 fully saturated rings. The Morgan fingerprint density at radius 3 is 2.88 bits per heavy atom. The molecule has 1 saturated carbocycles. The molecule has 1 saturated heterocycles. The monoisotopic (exact) mass is 333 g/mol. The number of rotatable bonds is 7. The van der Waals surface area contributed by atoms with Crippen LogP contribution in [0.1, 0.15) is 32.1 Å². The number of nitrogens with zero attached hydrogens (tertiary/aromatic N) is 1. The van der Waals surface area contributed by atoms with Crippen LogP contribution >= 0.6 is 0 Å². The first-order chi connectivity index (χ1) is 11.6. The van der Waals surface area contributed by atoms with E-state index < -0.39 is 0 Å². The number of ether oxygens (including phenoxy) is 2. The maximum atomic E-state index is 12.5. The summed E-state index contributed by atoms with van der Waals surface area (Å²) in [5, 5.41) is 9.90. The van der Waals surface area contributed by atoms with Crippen LogP contribution in [0.5, 0.6) is 11.5 Å². The summed E-state index contributed by atoms with van der Waals surface area (Å²) in [6, 6.07) is 7.27. The van der Waals surface area contributed by atoms with Crippen molar-refractivity contribution < 1.29 is 19.4 Å². The van der Waals surface area contributed by atoms with Gasteiger partial charge < -0.3 is 19.5 Å². The second-order valence-corrected chi connectivity index (χ2v) is 7.19. The third-order valence-corrected chi connectivity index (χ3v) is 5.17. The SMILES string of the molecule is COc1cccc(OCC(=O)N2CCC[C@](CO)(CC3CC3)C2)c1. The Bertz CT molecular complexity index is 572. The van der Waals surface area contributed by atoms with Gasteiger partial charge in [0.2, 0.25) is 0 Å². The third-order valence-electron chi connectivity index (χ3n) is 5.17. The Labute approximate surface area is 143 Å². The highest BCUT2D eigenvalue weighted by molar-refractivity contribution is 5.78. The number of aliphatic hydroxyl groups is 1. The molecular weight excluding hydrogens is 306 g/mol. The summed E-state index contributed by atoms with van der Waals surface area (Å²) in [5.74, 6) is 2.08. The quantitative estimate of drug-likeness (QED) is 0.833. The summed E-state index contributed by atoms with van der Waals surface area (Å²) in [4.78, 5) is 14.4. The van der Waals surface area contributed by atoms with Gasteiger partial charge in [-0.15, -0.1) is 0 Å². The summed E-state index contributed by atoms with van der Waals surface area (Å²) in [6.07, 6.45) is 5.56. The van der Waals surface area contributed by atoms with Crippen molar-refractivity contribution in [3.8, 4) is 11.5 Å². The lowest BCUT2D eigenvalue weighted by Gasteiger charge is -2.42. The van der Waals surface area contributed by atoms with Crippen LogP contribution in [-0.2, 0) is 4.79 Å². The number of amides is 1. The number of carbonyl (C=O) groups excluding carboxylic acids is 1. The van der Waals surface area contributed by atoms with Crippen molar-refractivity contribution in [2.45, 2.75) is 32.1 Å². The van der Waals surface area contributed by atoms with Crippen molar-refractivity contribution >= 4 is 5.91 Å². The van der Waals surface area contributed by atoms with Crippen molar-refractivity contribution in [1.82, 2.24) is 4.90 Å². The molecule has 0 unspecified atom stereocenters. The highest BCUT2D eigenvalue weighted by Gasteiger charge is 2.40. The first-order valence-corrected chi connectivity index (χ1v) is 8.80. The molecule has 0 aromatic heterocycles. The van der Waals surface area contributed by atoms with Gasteiger partial charge in [-0.1, -0.05) is 18.9 Å². The number of hydrogen-bond donors (Lipinski definition) is 1. The summed E-state index contributed by atoms with van der Waals surface area (Å²) < 4.78 is 10.8. The molecule has 2 aliphatic rings. The van der Waals surface area contributed by atoms with Crippen molar-refractivity contribution in [3.05, 3.63) is 24.3 Å². The molecule has 3 rings (SSSR count). The molecule has 5 nitrogen and oxygen atoms in total. The third kappa shape index (κ3) is 4.20. The van der Waals surface area contributed by atoms with E-state index in [2.05, 4.69) is 0 Å². The molecule has 1 aliphatic carbocycles. The van der Waals surface area contributed by atoms with Crippen LogP contribution in [0, 0.1) is 11.3 Å². The number of methoxy groups -OCH3 is 1. The lowest BCUT2D eigenvalue weighted by molar-refractivity contribution is -0.138. The molecule has 1 heterocycles. The Kier molecular flexibility index (Phi) is 5.29. The van der Waals surface area contributed by atoms with Gasteiger partial charge in [-0.25, -0.2) is 0 Å². The van der Waals surface area contributed by atoms with E-state index in [4.69, 9.17) is 9.47 Å². The number of carbonyl (C=O) groups is 1. The first-order valence-electron chi connectivity index (χ1n) is 8.80. The zero-order valence-corrected chi connectivity index (χ0v) is 14.4. The highest BCUT2D eigenvalue weighted by Crippen LogP contribution is 2.44. The maximum Gasteiger partial charge on any atom is 0.260 e. The molecule has 1 amide bonds. The molecule has 132 valence electrons. The molecule has 1 aliphatic heterocycles. The average molecular weight is 333 g/mol. The molecule has 5 heteroatoms. The summed E-state index contributed by atoms with van der Waals surface area (Å²) in [6.45, 7) is 1.61. The van der Waals surface area contributed by atoms with Crippen LogP contribution in [0.4, 0.5) is 0 Å². The van der Waals surface area contributed by atoms with E-state index in [9.17, 15) is 9.90 Å². The number of likely N-dealkylation sites (tertiary alicyclic amines) is 1. The van der Waals surface area contributed by atoms with Gasteiger partial charge in [-0.05, 0) is 37.3 Å². The van der Waals surface area contributed by atoms with E-state index in [1.807, 2.05) is 23.1 Å². The number of piperidine rings is 1. The number of aliphatic hydroxyl groups excluding tert-OH is 1. The van der Waals surface area contributed by atoms with Crippen LogP contribution in [0.15, 0.2) is 24.3 Å². The average Bonchev–Trinajstić information content (AvgIpc) is 3.43. The van der Waals surface area contributed by atoms with Gasteiger partial charge in [0.15, 0.2) is 6.61 Å². The van der Waals surface area contributed by atoms with Crippen LogP contribution in [0.25, 0.3) is 0 Å². The Morgan fingerprint density at radius 2 is 2.17 bits per heavy atom. The van der Waals surface area contributed by atoms with E-state index in [0.29, 0.717) is 18.0 Å². The van der Waals surface area contributed by atoms with Crippen molar-refractivity contribution in [1.29, 1.82) is 0 Å². The van der Waals surface area contributed by atoms with Crippen molar-refractivity contribution in [3.63, 3.8) is 0 Å². The molecule has 1 aromatic rings. The normalized spacial score (nSPS) is 23.8. The topological polar surface area (TPSA) is 59.0 Å². The first kappa shape index (κ1) is 17.1. The minimum atomic E-state index is -0.106. The zero-order valence-electron chi connectivity index (χ0n) is 14.4. The fourth-order valence-electron chi connectivity index (χ4n) is 3.64. The molecule has 1 atom stereocenters. The van der Waals surface area contributed by atoms with E-state index >= 15 is 0 Å². The van der Waals surface area contributed by atoms with E-state index in [0.717, 1.165) is 31.7 Å². The molecular formula is C19H27NO4. The molecule has 0 bridgehead atoms. The largest absolute Gasteiger partial charge is 0.497 e. The van der Waals surface area contributed by atoms with Crippen molar-refractivity contribution in [2.75, 3.05) is 33.4 Å². The van der Waals surface area contributed by atoms with Gasteiger partial charge in [-0.3, -0.25) is 4.79 Å². The summed E-state index contributed by atoms with van der Waals surface area (Å²) >= 11 is 0. The minimum Gasteiger partial charge on any atom is -0.497 e. The smallest absolute Gasteiger partial charge is 0.260 e. The second kappa shape index (κ2) is 7.43. The van der Waals surface area contributed by atoms with Gasteiger partial charge in [0.25, 0.3) is 5.91 Å². The Morgan fingerprint density at radius 1 is 1.38 bits per heavy atom. The van der Waals surface area contributed by atoms with Gasteiger partial charge in [-0.2, -0.15) is 0 Å². The molecule has 0 spiro atoms. The lowest BCUT2D eigenvalue weighted by atomic mass is 9.76. The standard InChI is InChI=1S/C19H27NO4/c1-23-16-4-2-5-17(10-16)24-12-18(22)20-9-3-8-19(13-20,14-21)11-15-6-7-15/h2,4-5,10,15,21H,3,6-9,11-14H2,1H3/t19-/m0/s1. The fraction of sp³-hybridized carbons (Fsp3) is 0.632. The number of benzene rings is 1. The van der Waals surface area contributed by atoms with Gasteiger partial charge in [0.05, 0.1) is 13.7 Å². The molecule has 1 aromatic carbocycles. The maximum absolute atomic E-state index is 12.5. The van der Waals surface area contributed by atoms with E-state index in [1.54, 1.807) is 13.2 Å². The van der Waals surface area contributed by atoms with Crippen LogP contribution in [0.3, 0.4) is 0 Å². The Balaban J connectivity index is 1.55. The highest BCUT2D eigenvalue weighted by atomic mass is 16.5. The summed E-state index contributed by atoms with van der Waals surface area (Å²) in [5.41, 5.74) is -0.106. The van der Waals surface area contributed by atoms with E-state index in [1.165, 1.54) is 12.8 Å².